The van der Waals surface area contributed by atoms with Crippen molar-refractivity contribution in [3.8, 4) is 0 Å². The van der Waals surface area contributed by atoms with Gasteiger partial charge >= 0.3 is 5.97 Å². The van der Waals surface area contributed by atoms with Gasteiger partial charge < -0.3 is 10.1 Å². The number of esters is 1. The summed E-state index contributed by atoms with van der Waals surface area (Å²) in [6.07, 6.45) is 11.0. The van der Waals surface area contributed by atoms with Crippen molar-refractivity contribution in [1.82, 2.24) is 0 Å². The zero-order valence-corrected chi connectivity index (χ0v) is 20.7. The number of nitrogens with one attached hydrogen (secondary N) is 1. The van der Waals surface area contributed by atoms with Gasteiger partial charge in [-0.15, -0.1) is 0 Å². The summed E-state index contributed by atoms with van der Waals surface area (Å²) in [5.41, 5.74) is 2.82. The molecule has 4 nitrogen and oxygen atoms in total. The van der Waals surface area contributed by atoms with Crippen LogP contribution in [0.4, 0.5) is 5.69 Å². The summed E-state index contributed by atoms with van der Waals surface area (Å²) in [6.45, 7) is 8.89. The van der Waals surface area contributed by atoms with Crippen LogP contribution in [0.2, 0.25) is 0 Å². The van der Waals surface area contributed by atoms with E-state index >= 15 is 0 Å². The predicted octanol–water partition coefficient (Wildman–Crippen LogP) is 6.53. The molecule has 0 spiro atoms. The molecular weight excluding hydrogens is 410 g/mol. The quantitative estimate of drug-likeness (QED) is 0.422. The van der Waals surface area contributed by atoms with Gasteiger partial charge in [0.2, 0.25) is 5.91 Å². The molecule has 178 valence electrons. The molecule has 0 saturated heterocycles. The lowest BCUT2D eigenvalue weighted by Gasteiger charge is -2.62. The van der Waals surface area contributed by atoms with E-state index in [1.165, 1.54) is 18.9 Å². The Morgan fingerprint density at radius 1 is 0.939 bits per heavy atom. The number of hydrogen-bond donors (Lipinski definition) is 1. The summed E-state index contributed by atoms with van der Waals surface area (Å²) >= 11 is 0. The van der Waals surface area contributed by atoms with E-state index in [0.717, 1.165) is 50.6 Å². The Bertz CT molecular complexity index is 970. The topological polar surface area (TPSA) is 55.4 Å². The van der Waals surface area contributed by atoms with Crippen molar-refractivity contribution >= 4 is 17.6 Å². The molecule has 1 N–H and O–H groups in total. The molecule has 0 aromatic heterocycles. The first-order chi connectivity index (χ1) is 15.7. The number of rotatable bonds is 3. The Labute approximate surface area is 198 Å². The van der Waals surface area contributed by atoms with Crippen molar-refractivity contribution < 1.29 is 14.3 Å². The number of fused-ring (bicyclic) bond motifs is 5. The van der Waals surface area contributed by atoms with Crippen LogP contribution >= 0.6 is 0 Å². The van der Waals surface area contributed by atoms with Gasteiger partial charge in [0.25, 0.3) is 0 Å². The lowest BCUT2D eigenvalue weighted by molar-refractivity contribution is -0.150. The fourth-order valence-electron chi connectivity index (χ4n) is 8.52. The van der Waals surface area contributed by atoms with Crippen molar-refractivity contribution in [3.05, 3.63) is 42.0 Å². The number of carbonyl (C=O) groups excluding carboxylic acids is 2. The number of ether oxygens (including phenoxy) is 1. The van der Waals surface area contributed by atoms with E-state index in [9.17, 15) is 9.59 Å². The smallest absolute Gasteiger partial charge is 0.302 e. The average Bonchev–Trinajstić information content (AvgIpc) is 3.06. The monoisotopic (exact) mass is 449 g/mol. The van der Waals surface area contributed by atoms with E-state index in [0.29, 0.717) is 11.8 Å². The summed E-state index contributed by atoms with van der Waals surface area (Å²) in [5, 5.41) is 3.21. The highest BCUT2D eigenvalue weighted by atomic mass is 16.5. The van der Waals surface area contributed by atoms with Crippen LogP contribution in [0.1, 0.15) is 79.1 Å². The molecule has 1 amide bonds. The van der Waals surface area contributed by atoms with Gasteiger partial charge in [0.15, 0.2) is 0 Å². The maximum Gasteiger partial charge on any atom is 0.302 e. The highest BCUT2D eigenvalue weighted by Gasteiger charge is 2.65. The van der Waals surface area contributed by atoms with Crippen LogP contribution in [0.15, 0.2) is 42.0 Å². The molecule has 4 aliphatic carbocycles. The SMILES string of the molecule is CC(=O)O[C@H]1CC[C@@]2(C)C(=CC[C@H]3[C@H]2CC[C@]2(C)[C@H](C(=O)Nc4ccccc4)CC[C@]32C)C1. The standard InChI is InChI=1S/C29H39NO3/c1-19(31)33-22-12-15-27(2)20(18-22)10-11-24-23(27)13-16-29(4)25(14-17-28(24,29)3)26(32)30-21-8-6-5-7-9-21/h5-10,22-25H,11-18H2,1-4H3,(H,30,32)/t22-,23+,24-,25-,27-,28+,29+/m0/s1. The van der Waals surface area contributed by atoms with Crippen molar-refractivity contribution in [3.63, 3.8) is 0 Å². The van der Waals surface area contributed by atoms with Gasteiger partial charge in [0, 0.05) is 24.9 Å². The fourth-order valence-corrected chi connectivity index (χ4v) is 8.52. The predicted molar refractivity (Wildman–Crippen MR) is 130 cm³/mol. The number of amides is 1. The molecule has 3 fully saturated rings. The van der Waals surface area contributed by atoms with Crippen LogP contribution in [-0.4, -0.2) is 18.0 Å². The van der Waals surface area contributed by atoms with Crippen LogP contribution in [-0.2, 0) is 14.3 Å². The summed E-state index contributed by atoms with van der Waals surface area (Å²) in [7, 11) is 0. The molecule has 0 bridgehead atoms. The summed E-state index contributed by atoms with van der Waals surface area (Å²) in [5.74, 6) is 1.38. The molecule has 4 heteroatoms. The minimum Gasteiger partial charge on any atom is -0.462 e. The second kappa shape index (κ2) is 7.99. The third-order valence-electron chi connectivity index (χ3n) is 10.6. The number of benzene rings is 1. The molecule has 33 heavy (non-hydrogen) atoms. The van der Waals surface area contributed by atoms with Gasteiger partial charge in [0.05, 0.1) is 0 Å². The van der Waals surface area contributed by atoms with Crippen LogP contribution in [0.5, 0.6) is 0 Å². The average molecular weight is 450 g/mol. The van der Waals surface area contributed by atoms with Crippen LogP contribution in [0.3, 0.4) is 0 Å². The molecule has 3 saturated carbocycles. The van der Waals surface area contributed by atoms with Gasteiger partial charge in [-0.1, -0.05) is 50.6 Å². The number of anilines is 1. The Morgan fingerprint density at radius 2 is 1.67 bits per heavy atom. The third kappa shape index (κ3) is 3.47. The molecule has 7 atom stereocenters. The number of hydrogen-bond acceptors (Lipinski definition) is 3. The van der Waals surface area contributed by atoms with E-state index in [1.54, 1.807) is 0 Å². The minimum atomic E-state index is -0.162. The summed E-state index contributed by atoms with van der Waals surface area (Å²) in [6, 6.07) is 9.89. The van der Waals surface area contributed by atoms with E-state index in [-0.39, 0.29) is 40.1 Å². The zero-order chi connectivity index (χ0) is 23.4. The van der Waals surface area contributed by atoms with Gasteiger partial charge in [-0.25, -0.2) is 0 Å². The number of carbonyl (C=O) groups is 2. The largest absolute Gasteiger partial charge is 0.462 e. The van der Waals surface area contributed by atoms with E-state index in [4.69, 9.17) is 4.74 Å². The van der Waals surface area contributed by atoms with Crippen LogP contribution < -0.4 is 5.32 Å². The normalized spacial score (nSPS) is 41.8. The Kier molecular flexibility index (Phi) is 5.49. The Balaban J connectivity index is 1.38. The molecule has 5 rings (SSSR count). The van der Waals surface area contributed by atoms with Crippen LogP contribution in [0.25, 0.3) is 0 Å². The highest BCUT2D eigenvalue weighted by molar-refractivity contribution is 5.93. The minimum absolute atomic E-state index is 0.0314. The number of para-hydroxylation sites is 1. The first kappa shape index (κ1) is 22.7. The molecule has 0 heterocycles. The van der Waals surface area contributed by atoms with Gasteiger partial charge in [-0.05, 0) is 85.2 Å². The Hall–Kier alpha value is -2.10. The van der Waals surface area contributed by atoms with Crippen molar-refractivity contribution in [2.75, 3.05) is 5.32 Å². The molecular formula is C29H39NO3. The maximum absolute atomic E-state index is 13.4. The highest BCUT2D eigenvalue weighted by Crippen LogP contribution is 2.71. The first-order valence-electron chi connectivity index (χ1n) is 12.9. The first-order valence-corrected chi connectivity index (χ1v) is 12.9. The maximum atomic E-state index is 13.4. The second-order valence-corrected chi connectivity index (χ2v) is 11.9. The van der Waals surface area contributed by atoms with E-state index < -0.39 is 0 Å². The van der Waals surface area contributed by atoms with Crippen molar-refractivity contribution in [2.45, 2.75) is 85.2 Å². The molecule has 0 unspecified atom stereocenters. The van der Waals surface area contributed by atoms with Crippen molar-refractivity contribution in [2.24, 2.45) is 34.0 Å². The van der Waals surface area contributed by atoms with Gasteiger partial charge in [-0.2, -0.15) is 0 Å². The third-order valence-corrected chi connectivity index (χ3v) is 10.6. The Morgan fingerprint density at radius 3 is 2.39 bits per heavy atom. The zero-order valence-electron chi connectivity index (χ0n) is 20.7. The molecule has 1 aromatic carbocycles. The van der Waals surface area contributed by atoms with E-state index in [1.807, 2.05) is 30.3 Å². The molecule has 0 aliphatic heterocycles. The lowest BCUT2D eigenvalue weighted by atomic mass is 9.42. The summed E-state index contributed by atoms with van der Waals surface area (Å²) in [4.78, 5) is 24.9. The van der Waals surface area contributed by atoms with Gasteiger partial charge in [0.1, 0.15) is 6.10 Å². The lowest BCUT2D eigenvalue weighted by Crippen LogP contribution is -2.56. The van der Waals surface area contributed by atoms with E-state index in [2.05, 4.69) is 32.2 Å². The second-order valence-electron chi connectivity index (χ2n) is 11.9. The molecule has 1 aromatic rings. The fraction of sp³-hybridized carbons (Fsp3) is 0.655. The van der Waals surface area contributed by atoms with Crippen molar-refractivity contribution in [1.29, 1.82) is 0 Å². The van der Waals surface area contributed by atoms with Gasteiger partial charge in [-0.3, -0.25) is 9.59 Å². The molecule has 4 aliphatic rings. The summed E-state index contributed by atoms with van der Waals surface area (Å²) < 4.78 is 5.59. The molecule has 0 radical (unpaired) electrons. The van der Waals surface area contributed by atoms with Crippen LogP contribution in [0, 0.1) is 34.0 Å². The number of allylic oxidation sites excluding steroid dienone is 1.